The molecular weight excluding hydrogens is 282 g/mol. The summed E-state index contributed by atoms with van der Waals surface area (Å²) in [5.41, 5.74) is 0.229. The number of thiophene rings is 1. The Hall–Kier alpha value is -1.62. The third-order valence-corrected chi connectivity index (χ3v) is 5.17. The first-order valence-corrected chi connectivity index (χ1v) is 8.28. The fourth-order valence-corrected chi connectivity index (χ4v) is 3.42. The van der Waals surface area contributed by atoms with Crippen molar-refractivity contribution in [2.75, 3.05) is 6.54 Å². The Morgan fingerprint density at radius 3 is 2.90 bits per heavy atom. The highest BCUT2D eigenvalue weighted by Gasteiger charge is 2.43. The minimum Gasteiger partial charge on any atom is -0.351 e. The number of hydrogen-bond acceptors (Lipinski definition) is 3. The molecule has 0 unspecified atom stereocenters. The maximum absolute atomic E-state index is 12.1. The van der Waals surface area contributed by atoms with Crippen molar-refractivity contribution in [2.45, 2.75) is 39.7 Å². The quantitative estimate of drug-likeness (QED) is 0.891. The lowest BCUT2D eigenvalue weighted by Crippen LogP contribution is -2.32. The number of rotatable bonds is 6. The number of nitrogens with zero attached hydrogens (tertiary/aromatic N) is 2. The van der Waals surface area contributed by atoms with Crippen molar-refractivity contribution in [1.82, 2.24) is 14.9 Å². The molecule has 0 aliphatic heterocycles. The third-order valence-electron chi connectivity index (χ3n) is 4.17. The van der Waals surface area contributed by atoms with Gasteiger partial charge in [0.15, 0.2) is 0 Å². The summed E-state index contributed by atoms with van der Waals surface area (Å²) in [4.78, 5) is 18.5. The normalized spacial score (nSPS) is 15.9. The summed E-state index contributed by atoms with van der Waals surface area (Å²) in [5, 5.41) is 3.10. The zero-order chi connectivity index (χ0) is 14.9. The van der Waals surface area contributed by atoms with E-state index in [-0.39, 0.29) is 11.3 Å². The highest BCUT2D eigenvalue weighted by Crippen LogP contribution is 2.46. The summed E-state index contributed by atoms with van der Waals surface area (Å²) in [7, 11) is 0. The van der Waals surface area contributed by atoms with Gasteiger partial charge >= 0.3 is 0 Å². The molecule has 1 amide bonds. The number of hydrogen-bond donors (Lipinski definition) is 1. The van der Waals surface area contributed by atoms with Gasteiger partial charge in [-0.15, -0.1) is 11.3 Å². The molecule has 21 heavy (non-hydrogen) atoms. The first kappa shape index (κ1) is 14.3. The molecule has 0 bridgehead atoms. The van der Waals surface area contributed by atoms with Crippen LogP contribution in [0.5, 0.6) is 0 Å². The predicted octanol–water partition coefficient (Wildman–Crippen LogP) is 3.03. The van der Waals surface area contributed by atoms with Gasteiger partial charge in [-0.1, -0.05) is 6.92 Å². The molecule has 1 fully saturated rings. The average molecular weight is 303 g/mol. The van der Waals surface area contributed by atoms with Crippen molar-refractivity contribution >= 4 is 17.2 Å². The molecule has 112 valence electrons. The highest BCUT2D eigenvalue weighted by molar-refractivity contribution is 7.13. The van der Waals surface area contributed by atoms with Crippen LogP contribution in [0, 0.1) is 12.3 Å². The van der Waals surface area contributed by atoms with E-state index in [9.17, 15) is 4.79 Å². The molecule has 2 aromatic heterocycles. The predicted molar refractivity (Wildman–Crippen MR) is 84.7 cm³/mol. The van der Waals surface area contributed by atoms with E-state index in [4.69, 9.17) is 0 Å². The smallest absolute Gasteiger partial charge is 0.261 e. The molecule has 0 saturated heterocycles. The van der Waals surface area contributed by atoms with Gasteiger partial charge in [-0.3, -0.25) is 4.79 Å². The molecular formula is C16H21N3OS. The van der Waals surface area contributed by atoms with Gasteiger partial charge in [-0.2, -0.15) is 0 Å². The highest BCUT2D eigenvalue weighted by atomic mass is 32.1. The maximum atomic E-state index is 12.1. The molecule has 0 atom stereocenters. The van der Waals surface area contributed by atoms with E-state index in [1.165, 1.54) is 17.7 Å². The fourth-order valence-electron chi connectivity index (χ4n) is 2.64. The number of aryl methyl sites for hydroxylation is 2. The lowest BCUT2D eigenvalue weighted by Gasteiger charge is -2.18. The Morgan fingerprint density at radius 1 is 1.48 bits per heavy atom. The van der Waals surface area contributed by atoms with Crippen LogP contribution >= 0.6 is 11.3 Å². The molecule has 0 radical (unpaired) electrons. The average Bonchev–Trinajstić information content (AvgIpc) is 2.87. The van der Waals surface area contributed by atoms with Crippen LogP contribution in [-0.4, -0.2) is 22.0 Å². The third kappa shape index (κ3) is 3.18. The summed E-state index contributed by atoms with van der Waals surface area (Å²) in [5.74, 6) is 1.18. The number of nitrogens with one attached hydrogen (secondary N) is 1. The van der Waals surface area contributed by atoms with E-state index in [0.29, 0.717) is 0 Å². The topological polar surface area (TPSA) is 46.9 Å². The summed E-state index contributed by atoms with van der Waals surface area (Å²) in [6.45, 7) is 5.86. The minimum absolute atomic E-state index is 0.0562. The van der Waals surface area contributed by atoms with Gasteiger partial charge in [0, 0.05) is 42.2 Å². The van der Waals surface area contributed by atoms with Crippen molar-refractivity contribution in [3.8, 4) is 0 Å². The van der Waals surface area contributed by atoms with Crippen LogP contribution in [0.1, 0.15) is 40.1 Å². The molecule has 1 saturated carbocycles. The van der Waals surface area contributed by atoms with Crippen LogP contribution in [0.3, 0.4) is 0 Å². The Kier molecular flexibility index (Phi) is 3.85. The van der Waals surface area contributed by atoms with Crippen LogP contribution in [0.4, 0.5) is 0 Å². The van der Waals surface area contributed by atoms with Crippen molar-refractivity contribution in [2.24, 2.45) is 5.41 Å². The Bertz CT molecular complexity index is 639. The molecule has 0 spiro atoms. The molecule has 1 aliphatic rings. The molecule has 1 aliphatic carbocycles. The van der Waals surface area contributed by atoms with Crippen molar-refractivity contribution < 1.29 is 4.79 Å². The van der Waals surface area contributed by atoms with E-state index >= 15 is 0 Å². The Balaban J connectivity index is 1.58. The second-order valence-electron chi connectivity index (χ2n) is 5.92. The molecule has 2 aromatic rings. The van der Waals surface area contributed by atoms with Crippen LogP contribution in [0.2, 0.25) is 0 Å². The monoisotopic (exact) mass is 303 g/mol. The number of amides is 1. The zero-order valence-electron chi connectivity index (χ0n) is 12.6. The van der Waals surface area contributed by atoms with Gasteiger partial charge in [0.2, 0.25) is 0 Å². The Morgan fingerprint density at radius 2 is 2.29 bits per heavy atom. The first-order chi connectivity index (χ1) is 10.1. The van der Waals surface area contributed by atoms with E-state index in [1.807, 2.05) is 31.5 Å². The molecule has 3 rings (SSSR count). The standard InChI is InChI=1S/C16H21N3OS/c1-3-14-17-8-9-19(14)11-16(6-7-16)10-18-15(20)13-5-4-12(2)21-13/h4-5,8-9H,3,6-7,10-11H2,1-2H3,(H,18,20). The van der Waals surface area contributed by atoms with E-state index in [2.05, 4.69) is 21.8 Å². The van der Waals surface area contributed by atoms with Crippen molar-refractivity contribution in [3.05, 3.63) is 40.1 Å². The lowest BCUT2D eigenvalue weighted by molar-refractivity contribution is 0.0947. The molecule has 0 aromatic carbocycles. The summed E-state index contributed by atoms with van der Waals surface area (Å²) < 4.78 is 2.23. The van der Waals surface area contributed by atoms with Crippen molar-refractivity contribution in [3.63, 3.8) is 0 Å². The number of carbonyl (C=O) groups is 1. The van der Waals surface area contributed by atoms with Crippen LogP contribution in [-0.2, 0) is 13.0 Å². The summed E-state index contributed by atoms with van der Waals surface area (Å²) in [6, 6.07) is 3.89. The second-order valence-corrected chi connectivity index (χ2v) is 7.21. The molecule has 2 heterocycles. The van der Waals surface area contributed by atoms with Gasteiger partial charge in [-0.05, 0) is 31.9 Å². The summed E-state index contributed by atoms with van der Waals surface area (Å²) >= 11 is 1.55. The second kappa shape index (κ2) is 5.64. The minimum atomic E-state index is 0.0562. The SMILES string of the molecule is CCc1nccn1CC1(CNC(=O)c2ccc(C)s2)CC1. The van der Waals surface area contributed by atoms with Gasteiger partial charge in [0.25, 0.3) is 5.91 Å². The largest absolute Gasteiger partial charge is 0.351 e. The Labute approximate surface area is 129 Å². The number of imidazole rings is 1. The van der Waals surface area contributed by atoms with E-state index < -0.39 is 0 Å². The van der Waals surface area contributed by atoms with E-state index in [1.54, 1.807) is 11.3 Å². The van der Waals surface area contributed by atoms with Crippen LogP contribution in [0.25, 0.3) is 0 Å². The number of aromatic nitrogens is 2. The maximum Gasteiger partial charge on any atom is 0.261 e. The van der Waals surface area contributed by atoms with Gasteiger partial charge in [0.05, 0.1) is 4.88 Å². The molecule has 5 heteroatoms. The van der Waals surface area contributed by atoms with Crippen molar-refractivity contribution in [1.29, 1.82) is 0 Å². The van der Waals surface area contributed by atoms with Gasteiger partial charge in [-0.25, -0.2) is 4.98 Å². The molecule has 1 N–H and O–H groups in total. The van der Waals surface area contributed by atoms with E-state index in [0.717, 1.165) is 30.2 Å². The first-order valence-electron chi connectivity index (χ1n) is 7.46. The zero-order valence-corrected chi connectivity index (χ0v) is 13.4. The van der Waals surface area contributed by atoms with Gasteiger partial charge in [0.1, 0.15) is 5.82 Å². The number of carbonyl (C=O) groups excluding carboxylic acids is 1. The van der Waals surface area contributed by atoms with Crippen LogP contribution < -0.4 is 5.32 Å². The van der Waals surface area contributed by atoms with Gasteiger partial charge < -0.3 is 9.88 Å². The molecule has 4 nitrogen and oxygen atoms in total. The summed E-state index contributed by atoms with van der Waals surface area (Å²) in [6.07, 6.45) is 7.21. The van der Waals surface area contributed by atoms with Crippen LogP contribution in [0.15, 0.2) is 24.5 Å². The lowest BCUT2D eigenvalue weighted by atomic mass is 10.1. The fraction of sp³-hybridized carbons (Fsp3) is 0.500.